The number of halogens is 1. The van der Waals surface area contributed by atoms with Gasteiger partial charge < -0.3 is 14.6 Å². The number of aromatic nitrogens is 1. The fourth-order valence-corrected chi connectivity index (χ4v) is 2.66. The topological polar surface area (TPSA) is 50.6 Å². The van der Waals surface area contributed by atoms with E-state index in [9.17, 15) is 4.39 Å². The molecule has 7 heteroatoms. The van der Waals surface area contributed by atoms with E-state index in [2.05, 4.69) is 15.8 Å². The van der Waals surface area contributed by atoms with Crippen molar-refractivity contribution in [3.05, 3.63) is 83.9 Å². The maximum absolute atomic E-state index is 13.8. The van der Waals surface area contributed by atoms with Crippen molar-refractivity contribution >= 4 is 29.2 Å². The van der Waals surface area contributed by atoms with Crippen molar-refractivity contribution in [2.75, 3.05) is 12.4 Å². The van der Waals surface area contributed by atoms with Crippen LogP contribution in [0, 0.1) is 5.82 Å². The van der Waals surface area contributed by atoms with Gasteiger partial charge in [0.05, 0.1) is 25.6 Å². The molecule has 0 spiro atoms. The van der Waals surface area contributed by atoms with Crippen LogP contribution in [0.5, 0.6) is 5.75 Å². The average Bonchev–Trinajstić information content (AvgIpc) is 3.11. The van der Waals surface area contributed by atoms with Gasteiger partial charge in [-0.2, -0.15) is 5.10 Å². The number of ether oxygens (including phenoxy) is 1. The Kier molecular flexibility index (Phi) is 6.17. The summed E-state index contributed by atoms with van der Waals surface area (Å²) in [7, 11) is 1.62. The van der Waals surface area contributed by atoms with Crippen molar-refractivity contribution in [2.24, 2.45) is 5.10 Å². The largest absolute Gasteiger partial charge is 0.497 e. The average molecular weight is 382 g/mol. The smallest absolute Gasteiger partial charge is 0.191 e. The number of hydrogen-bond donors (Lipinski definition) is 2. The summed E-state index contributed by atoms with van der Waals surface area (Å²) >= 11 is 5.22. The number of hydrazone groups is 1. The minimum atomic E-state index is -0.225. The van der Waals surface area contributed by atoms with E-state index in [0.29, 0.717) is 17.2 Å². The monoisotopic (exact) mass is 382 g/mol. The third kappa shape index (κ3) is 5.15. The molecule has 0 radical (unpaired) electrons. The molecule has 0 aliphatic heterocycles. The summed E-state index contributed by atoms with van der Waals surface area (Å²) < 4.78 is 20.9. The van der Waals surface area contributed by atoms with E-state index in [0.717, 1.165) is 17.1 Å². The van der Waals surface area contributed by atoms with E-state index in [1.807, 2.05) is 53.2 Å². The Hall–Kier alpha value is -3.19. The number of thiocarbonyl (C=S) groups is 1. The van der Waals surface area contributed by atoms with Crippen LogP contribution in [0.2, 0.25) is 0 Å². The third-order valence-electron chi connectivity index (χ3n) is 3.87. The molecule has 0 aliphatic rings. The molecule has 0 saturated heterocycles. The minimum Gasteiger partial charge on any atom is -0.497 e. The molecule has 2 N–H and O–H groups in total. The number of rotatable bonds is 6. The Balaban J connectivity index is 1.57. The van der Waals surface area contributed by atoms with Gasteiger partial charge >= 0.3 is 0 Å². The van der Waals surface area contributed by atoms with Gasteiger partial charge in [-0.05, 0) is 54.7 Å². The molecule has 2 aromatic carbocycles. The normalized spacial score (nSPS) is 10.7. The standard InChI is InChI=1S/C20H19FN4OS/c1-26-18-10-8-16(9-11-18)23-20(27)24-22-13-17-6-4-12-25(17)14-15-5-2-3-7-19(15)21/h2-13H,14H2,1H3,(H2,23,24,27). The molecule has 27 heavy (non-hydrogen) atoms. The van der Waals surface area contributed by atoms with Crippen molar-refractivity contribution < 1.29 is 9.13 Å². The Morgan fingerprint density at radius 3 is 2.67 bits per heavy atom. The van der Waals surface area contributed by atoms with Crippen molar-refractivity contribution in [1.82, 2.24) is 9.99 Å². The second kappa shape index (κ2) is 8.95. The van der Waals surface area contributed by atoms with Crippen molar-refractivity contribution in [3.63, 3.8) is 0 Å². The molecular weight excluding hydrogens is 363 g/mol. The van der Waals surface area contributed by atoms with E-state index in [4.69, 9.17) is 17.0 Å². The maximum Gasteiger partial charge on any atom is 0.191 e. The first kappa shape index (κ1) is 18.6. The quantitative estimate of drug-likeness (QED) is 0.384. The van der Waals surface area contributed by atoms with Crippen LogP contribution in [0.1, 0.15) is 11.3 Å². The van der Waals surface area contributed by atoms with Gasteiger partial charge in [0.25, 0.3) is 0 Å². The lowest BCUT2D eigenvalue weighted by molar-refractivity contribution is 0.415. The Bertz CT molecular complexity index is 937. The summed E-state index contributed by atoms with van der Waals surface area (Å²) in [5.74, 6) is 0.546. The maximum atomic E-state index is 13.8. The highest BCUT2D eigenvalue weighted by Crippen LogP contribution is 2.15. The highest BCUT2D eigenvalue weighted by molar-refractivity contribution is 7.80. The summed E-state index contributed by atoms with van der Waals surface area (Å²) in [6.07, 6.45) is 3.52. The van der Waals surface area contributed by atoms with Crippen LogP contribution >= 0.6 is 12.2 Å². The number of nitrogens with zero attached hydrogens (tertiary/aromatic N) is 2. The molecule has 1 heterocycles. The van der Waals surface area contributed by atoms with E-state index < -0.39 is 0 Å². The molecule has 0 atom stereocenters. The summed E-state index contributed by atoms with van der Waals surface area (Å²) in [6.45, 7) is 0.426. The van der Waals surface area contributed by atoms with Gasteiger partial charge in [0, 0.05) is 17.4 Å². The first-order valence-electron chi connectivity index (χ1n) is 8.28. The predicted octanol–water partition coefficient (Wildman–Crippen LogP) is 4.00. The lowest BCUT2D eigenvalue weighted by Crippen LogP contribution is -2.24. The zero-order chi connectivity index (χ0) is 19.1. The highest BCUT2D eigenvalue weighted by Gasteiger charge is 2.04. The van der Waals surface area contributed by atoms with Crippen LogP contribution in [-0.4, -0.2) is 23.0 Å². The first-order chi connectivity index (χ1) is 13.2. The van der Waals surface area contributed by atoms with Crippen LogP contribution in [0.3, 0.4) is 0 Å². The fourth-order valence-electron chi connectivity index (χ4n) is 2.49. The van der Waals surface area contributed by atoms with E-state index in [1.165, 1.54) is 6.07 Å². The first-order valence-corrected chi connectivity index (χ1v) is 8.69. The van der Waals surface area contributed by atoms with E-state index in [1.54, 1.807) is 25.5 Å². The summed E-state index contributed by atoms with van der Waals surface area (Å²) in [6, 6.07) is 17.9. The van der Waals surface area contributed by atoms with E-state index in [-0.39, 0.29) is 5.82 Å². The van der Waals surface area contributed by atoms with Crippen molar-refractivity contribution in [2.45, 2.75) is 6.54 Å². The molecule has 3 aromatic rings. The molecular formula is C20H19FN4OS. The van der Waals surface area contributed by atoms with Gasteiger partial charge in [-0.15, -0.1) is 0 Å². The van der Waals surface area contributed by atoms with Gasteiger partial charge in [0.2, 0.25) is 0 Å². The SMILES string of the molecule is COc1ccc(NC(=S)NN=Cc2cccn2Cc2ccccc2F)cc1. The lowest BCUT2D eigenvalue weighted by atomic mass is 10.2. The molecule has 138 valence electrons. The zero-order valence-corrected chi connectivity index (χ0v) is 15.5. The van der Waals surface area contributed by atoms with Crippen molar-refractivity contribution in [3.8, 4) is 5.75 Å². The molecule has 0 unspecified atom stereocenters. The van der Waals surface area contributed by atoms with E-state index >= 15 is 0 Å². The molecule has 0 saturated carbocycles. The van der Waals surface area contributed by atoms with Crippen LogP contribution in [-0.2, 0) is 6.54 Å². The summed E-state index contributed by atoms with van der Waals surface area (Å²) in [4.78, 5) is 0. The van der Waals surface area contributed by atoms with Gasteiger partial charge in [-0.25, -0.2) is 4.39 Å². The molecule has 0 bridgehead atoms. The van der Waals surface area contributed by atoms with Gasteiger partial charge in [0.15, 0.2) is 5.11 Å². The second-order valence-electron chi connectivity index (χ2n) is 5.70. The molecule has 5 nitrogen and oxygen atoms in total. The molecule has 0 fully saturated rings. The number of benzene rings is 2. The number of nitrogens with one attached hydrogen (secondary N) is 2. The molecule has 0 aliphatic carbocycles. The Morgan fingerprint density at radius 2 is 1.93 bits per heavy atom. The summed E-state index contributed by atoms with van der Waals surface area (Å²) in [5, 5.41) is 7.54. The van der Waals surface area contributed by atoms with Crippen LogP contribution < -0.4 is 15.5 Å². The highest BCUT2D eigenvalue weighted by atomic mass is 32.1. The second-order valence-corrected chi connectivity index (χ2v) is 6.11. The molecule has 0 amide bonds. The minimum absolute atomic E-state index is 0.225. The third-order valence-corrected chi connectivity index (χ3v) is 4.07. The zero-order valence-electron chi connectivity index (χ0n) is 14.7. The van der Waals surface area contributed by atoms with Gasteiger partial charge in [-0.1, -0.05) is 18.2 Å². The van der Waals surface area contributed by atoms with Gasteiger partial charge in [-0.3, -0.25) is 5.43 Å². The van der Waals surface area contributed by atoms with Crippen LogP contribution in [0.25, 0.3) is 0 Å². The Labute approximate surface area is 162 Å². The fraction of sp³-hybridized carbons (Fsp3) is 0.100. The van der Waals surface area contributed by atoms with Gasteiger partial charge in [0.1, 0.15) is 11.6 Å². The number of methoxy groups -OCH3 is 1. The van der Waals surface area contributed by atoms with Crippen LogP contribution in [0.4, 0.5) is 10.1 Å². The molecule has 1 aromatic heterocycles. The number of anilines is 1. The predicted molar refractivity (Wildman–Crippen MR) is 110 cm³/mol. The lowest BCUT2D eigenvalue weighted by Gasteiger charge is -2.09. The van der Waals surface area contributed by atoms with Crippen LogP contribution in [0.15, 0.2) is 72.0 Å². The molecule has 3 rings (SSSR count). The van der Waals surface area contributed by atoms with Crippen molar-refractivity contribution in [1.29, 1.82) is 0 Å². The summed E-state index contributed by atoms with van der Waals surface area (Å²) in [5.41, 5.74) is 5.05. The number of hydrogen-bond acceptors (Lipinski definition) is 3. The Morgan fingerprint density at radius 1 is 1.15 bits per heavy atom.